The number of halogens is 2. The molecular weight excluding hydrogens is 411 g/mol. The second-order valence-corrected chi connectivity index (χ2v) is 7.79. The molecule has 2 aromatic rings. The molecule has 0 bridgehead atoms. The minimum absolute atomic E-state index is 0.121. The van der Waals surface area contributed by atoms with Gasteiger partial charge in [-0.05, 0) is 36.8 Å². The number of nitrogen functional groups attached to an aromatic ring is 1. The van der Waals surface area contributed by atoms with Crippen molar-refractivity contribution in [2.45, 2.75) is 51.9 Å². The van der Waals surface area contributed by atoms with E-state index in [1.54, 1.807) is 0 Å². The molecule has 0 atom stereocenters. The number of aromatic hydroxyl groups is 1. The summed E-state index contributed by atoms with van der Waals surface area (Å²) >= 11 is 12.3. The van der Waals surface area contributed by atoms with Gasteiger partial charge in [-0.2, -0.15) is 0 Å². The van der Waals surface area contributed by atoms with E-state index < -0.39 is 0 Å². The molecule has 0 heterocycles. The zero-order valence-corrected chi connectivity index (χ0v) is 18.2. The van der Waals surface area contributed by atoms with Crippen LogP contribution in [0.5, 0.6) is 17.2 Å². The Bertz CT molecular complexity index is 805. The van der Waals surface area contributed by atoms with Crippen LogP contribution in [-0.2, 0) is 0 Å². The second-order valence-electron chi connectivity index (χ2n) is 6.97. The van der Waals surface area contributed by atoms with Gasteiger partial charge in [0.1, 0.15) is 11.5 Å². The van der Waals surface area contributed by atoms with Crippen molar-refractivity contribution in [3.05, 3.63) is 45.9 Å². The number of amides is 1. The number of nitrogens with one attached hydrogen (secondary N) is 1. The Morgan fingerprint density at radius 3 is 2.31 bits per heavy atom. The van der Waals surface area contributed by atoms with Crippen LogP contribution in [-0.4, -0.2) is 17.6 Å². The molecule has 2 aromatic carbocycles. The minimum atomic E-state index is -0.353. The molecule has 29 heavy (non-hydrogen) atoms. The van der Waals surface area contributed by atoms with Crippen LogP contribution in [0.25, 0.3) is 0 Å². The third-order valence-electron chi connectivity index (χ3n) is 4.52. The standard InChI is InChI=1S/C22H28Cl2N2O3/c1-2-3-4-5-6-7-8-11-26-22(28)17-14-16(9-10-20(17)27)29-21-18(23)12-15(25)13-19(21)24/h9-10,12-14,27H,2-8,11,25H2,1H3,(H,26,28). The van der Waals surface area contributed by atoms with Gasteiger partial charge in [0, 0.05) is 12.2 Å². The summed E-state index contributed by atoms with van der Waals surface area (Å²) in [5, 5.41) is 13.4. The number of unbranched alkanes of at least 4 members (excludes halogenated alkanes) is 6. The summed E-state index contributed by atoms with van der Waals surface area (Å²) in [5.74, 6) is 0.0949. The number of phenols is 1. The molecule has 158 valence electrons. The van der Waals surface area contributed by atoms with Crippen molar-refractivity contribution in [1.29, 1.82) is 0 Å². The van der Waals surface area contributed by atoms with Crippen LogP contribution in [0.15, 0.2) is 30.3 Å². The number of hydrogen-bond donors (Lipinski definition) is 3. The van der Waals surface area contributed by atoms with E-state index in [-0.39, 0.29) is 33.0 Å². The number of benzene rings is 2. The lowest BCUT2D eigenvalue weighted by Crippen LogP contribution is -2.24. The topological polar surface area (TPSA) is 84.6 Å². The van der Waals surface area contributed by atoms with E-state index in [1.165, 1.54) is 62.4 Å². The van der Waals surface area contributed by atoms with Gasteiger partial charge in [-0.15, -0.1) is 0 Å². The number of hydrogen-bond acceptors (Lipinski definition) is 4. The van der Waals surface area contributed by atoms with Crippen LogP contribution in [0, 0.1) is 0 Å². The van der Waals surface area contributed by atoms with Gasteiger partial charge in [-0.1, -0.05) is 68.7 Å². The van der Waals surface area contributed by atoms with E-state index in [0.29, 0.717) is 18.0 Å². The molecule has 0 radical (unpaired) electrons. The molecule has 2 rings (SSSR count). The Hall–Kier alpha value is -2.11. The van der Waals surface area contributed by atoms with Gasteiger partial charge in [0.15, 0.2) is 5.75 Å². The van der Waals surface area contributed by atoms with E-state index >= 15 is 0 Å². The lowest BCUT2D eigenvalue weighted by molar-refractivity contribution is 0.0950. The van der Waals surface area contributed by atoms with Crippen LogP contribution in [0.2, 0.25) is 10.0 Å². The summed E-state index contributed by atoms with van der Waals surface area (Å²) in [6.45, 7) is 2.76. The number of carbonyl (C=O) groups is 1. The predicted octanol–water partition coefficient (Wildman–Crippen LogP) is 6.55. The Labute approximate surface area is 182 Å². The largest absolute Gasteiger partial charge is 0.507 e. The Morgan fingerprint density at radius 1 is 1.03 bits per heavy atom. The Morgan fingerprint density at radius 2 is 1.66 bits per heavy atom. The van der Waals surface area contributed by atoms with Crippen molar-refractivity contribution in [3.63, 3.8) is 0 Å². The smallest absolute Gasteiger partial charge is 0.255 e. The van der Waals surface area contributed by atoms with Crippen LogP contribution in [0.3, 0.4) is 0 Å². The van der Waals surface area contributed by atoms with Gasteiger partial charge in [0.25, 0.3) is 5.91 Å². The van der Waals surface area contributed by atoms with Gasteiger partial charge in [0.05, 0.1) is 15.6 Å². The summed E-state index contributed by atoms with van der Waals surface area (Å²) in [7, 11) is 0. The highest BCUT2D eigenvalue weighted by atomic mass is 35.5. The number of phenolic OH excluding ortho intramolecular Hbond substituents is 1. The molecule has 0 aromatic heterocycles. The quantitative estimate of drug-likeness (QED) is 0.274. The van der Waals surface area contributed by atoms with E-state index in [4.69, 9.17) is 33.7 Å². The van der Waals surface area contributed by atoms with Gasteiger partial charge < -0.3 is 20.9 Å². The SMILES string of the molecule is CCCCCCCCCNC(=O)c1cc(Oc2c(Cl)cc(N)cc2Cl)ccc1O. The molecule has 0 unspecified atom stereocenters. The lowest BCUT2D eigenvalue weighted by atomic mass is 10.1. The average Bonchev–Trinajstić information content (AvgIpc) is 2.67. The first-order valence-corrected chi connectivity index (χ1v) is 10.7. The van der Waals surface area contributed by atoms with Crippen molar-refractivity contribution in [2.24, 2.45) is 0 Å². The zero-order chi connectivity index (χ0) is 21.2. The first-order chi connectivity index (χ1) is 13.9. The second kappa shape index (κ2) is 11.8. The maximum Gasteiger partial charge on any atom is 0.255 e. The van der Waals surface area contributed by atoms with Gasteiger partial charge in [0.2, 0.25) is 0 Å². The molecule has 5 nitrogen and oxygen atoms in total. The molecule has 4 N–H and O–H groups in total. The highest BCUT2D eigenvalue weighted by molar-refractivity contribution is 6.37. The van der Waals surface area contributed by atoms with E-state index in [0.717, 1.165) is 12.8 Å². The number of ether oxygens (including phenoxy) is 1. The molecule has 7 heteroatoms. The van der Waals surface area contributed by atoms with E-state index in [2.05, 4.69) is 12.2 Å². The third-order valence-corrected chi connectivity index (χ3v) is 5.08. The van der Waals surface area contributed by atoms with Gasteiger partial charge >= 0.3 is 0 Å². The molecule has 0 aliphatic rings. The summed E-state index contributed by atoms with van der Waals surface area (Å²) in [6, 6.07) is 7.44. The fraction of sp³-hybridized carbons (Fsp3) is 0.409. The number of anilines is 1. The van der Waals surface area contributed by atoms with Crippen molar-refractivity contribution in [3.8, 4) is 17.2 Å². The summed E-state index contributed by atoms with van der Waals surface area (Å²) in [6.07, 6.45) is 8.18. The predicted molar refractivity (Wildman–Crippen MR) is 119 cm³/mol. The van der Waals surface area contributed by atoms with Gasteiger partial charge in [-0.25, -0.2) is 0 Å². The average molecular weight is 439 g/mol. The molecule has 0 saturated heterocycles. The van der Waals surface area contributed by atoms with Crippen molar-refractivity contribution < 1.29 is 14.6 Å². The summed E-state index contributed by atoms with van der Waals surface area (Å²) in [4.78, 5) is 12.4. The maximum atomic E-state index is 12.4. The van der Waals surface area contributed by atoms with Crippen LogP contribution in [0.1, 0.15) is 62.2 Å². The van der Waals surface area contributed by atoms with Crippen molar-refractivity contribution in [2.75, 3.05) is 12.3 Å². The first kappa shape index (κ1) is 23.2. The molecule has 1 amide bonds. The molecule has 0 saturated carbocycles. The van der Waals surface area contributed by atoms with Crippen molar-refractivity contribution in [1.82, 2.24) is 5.32 Å². The van der Waals surface area contributed by atoms with Crippen molar-refractivity contribution >= 4 is 34.8 Å². The summed E-state index contributed by atoms with van der Waals surface area (Å²) < 4.78 is 5.72. The third kappa shape index (κ3) is 7.33. The molecule has 0 aliphatic heterocycles. The Balaban J connectivity index is 1.92. The number of carbonyl (C=O) groups excluding carboxylic acids is 1. The van der Waals surface area contributed by atoms with E-state index in [9.17, 15) is 9.90 Å². The zero-order valence-electron chi connectivity index (χ0n) is 16.6. The normalized spacial score (nSPS) is 10.7. The molecule has 0 aliphatic carbocycles. The maximum absolute atomic E-state index is 12.4. The fourth-order valence-corrected chi connectivity index (χ4v) is 3.52. The van der Waals surface area contributed by atoms with Crippen LogP contribution < -0.4 is 15.8 Å². The molecular formula is C22H28Cl2N2O3. The fourth-order valence-electron chi connectivity index (χ4n) is 2.93. The van der Waals surface area contributed by atoms with E-state index in [1.807, 2.05) is 0 Å². The number of rotatable bonds is 11. The highest BCUT2D eigenvalue weighted by Crippen LogP contribution is 2.38. The first-order valence-electron chi connectivity index (χ1n) is 9.96. The molecule has 0 spiro atoms. The van der Waals surface area contributed by atoms with Crippen LogP contribution in [0.4, 0.5) is 5.69 Å². The minimum Gasteiger partial charge on any atom is -0.507 e. The number of nitrogens with two attached hydrogens (primary N) is 1. The van der Waals surface area contributed by atoms with Crippen LogP contribution >= 0.6 is 23.2 Å². The summed E-state index contributed by atoms with van der Waals surface area (Å²) in [5.41, 5.74) is 6.25. The Kier molecular flexibility index (Phi) is 9.42. The molecule has 0 fully saturated rings. The monoisotopic (exact) mass is 438 g/mol. The van der Waals surface area contributed by atoms with Gasteiger partial charge in [-0.3, -0.25) is 4.79 Å². The highest BCUT2D eigenvalue weighted by Gasteiger charge is 2.15. The lowest BCUT2D eigenvalue weighted by Gasteiger charge is -2.12.